The number of hydrogen-bond acceptors (Lipinski definition) is 2. The first-order chi connectivity index (χ1) is 30.0. The first kappa shape index (κ1) is 34.3. The minimum absolute atomic E-state index is 0.0909. The van der Waals surface area contributed by atoms with Gasteiger partial charge in [-0.3, -0.25) is 0 Å². The molecule has 1 spiro atoms. The Labute approximate surface area is 355 Å². The molecule has 13 rings (SSSR count). The van der Waals surface area contributed by atoms with E-state index in [9.17, 15) is 0 Å². The molecular formula is C58H40N2O. The molecule has 0 radical (unpaired) electrons. The van der Waals surface area contributed by atoms with Gasteiger partial charge >= 0.3 is 0 Å². The maximum absolute atomic E-state index is 6.96. The van der Waals surface area contributed by atoms with Crippen LogP contribution in [0.2, 0.25) is 0 Å². The third kappa shape index (κ3) is 4.58. The van der Waals surface area contributed by atoms with E-state index < -0.39 is 5.41 Å². The van der Waals surface area contributed by atoms with Gasteiger partial charge in [0.1, 0.15) is 11.5 Å². The lowest BCUT2D eigenvalue weighted by Gasteiger charge is -2.45. The summed E-state index contributed by atoms with van der Waals surface area (Å²) < 4.78 is 9.45. The van der Waals surface area contributed by atoms with Gasteiger partial charge in [-0.15, -0.1) is 0 Å². The lowest BCUT2D eigenvalue weighted by Crippen LogP contribution is -2.37. The molecule has 1 unspecified atom stereocenters. The summed E-state index contributed by atoms with van der Waals surface area (Å²) in [6, 6.07) is 75.7. The molecule has 3 heteroatoms. The Bertz CT molecular complexity index is 3430. The number of benzene rings is 9. The van der Waals surface area contributed by atoms with Gasteiger partial charge < -0.3 is 14.2 Å². The topological polar surface area (TPSA) is 17.4 Å². The SMILES string of the molecule is CC1(C)c2ccccc2-c2ccc(N(c3ccccc3)c3ccc(-c4ccc5c(c4)Oc4ccccc4C54c5ccccc5-n5c6ccccc6c6cccc4c65)cc3)cc21. The molecule has 9 aromatic carbocycles. The van der Waals surface area contributed by atoms with E-state index in [0.717, 1.165) is 50.8 Å². The van der Waals surface area contributed by atoms with Crippen molar-refractivity contribution in [1.29, 1.82) is 0 Å². The summed E-state index contributed by atoms with van der Waals surface area (Å²) in [6.07, 6.45) is 0. The van der Waals surface area contributed by atoms with Crippen LogP contribution in [-0.4, -0.2) is 4.57 Å². The fourth-order valence-corrected chi connectivity index (χ4v) is 11.2. The molecule has 2 aliphatic heterocycles. The Hall–Kier alpha value is -7.62. The highest BCUT2D eigenvalue weighted by Crippen LogP contribution is 2.61. The van der Waals surface area contributed by atoms with E-state index in [4.69, 9.17) is 4.74 Å². The van der Waals surface area contributed by atoms with E-state index in [2.05, 4.69) is 230 Å². The fourth-order valence-electron chi connectivity index (χ4n) is 11.2. The third-order valence-corrected chi connectivity index (χ3v) is 13.8. The zero-order valence-corrected chi connectivity index (χ0v) is 33.9. The maximum Gasteiger partial charge on any atom is 0.132 e. The van der Waals surface area contributed by atoms with E-state index in [0.29, 0.717) is 0 Å². The van der Waals surface area contributed by atoms with E-state index in [1.165, 1.54) is 60.9 Å². The molecule has 3 aliphatic rings. The summed E-state index contributed by atoms with van der Waals surface area (Å²) in [4.78, 5) is 2.38. The van der Waals surface area contributed by atoms with Gasteiger partial charge in [0.05, 0.1) is 22.1 Å². The van der Waals surface area contributed by atoms with Crippen molar-refractivity contribution in [3.63, 3.8) is 0 Å². The second-order valence-corrected chi connectivity index (χ2v) is 17.2. The zero-order chi connectivity index (χ0) is 40.5. The van der Waals surface area contributed by atoms with Crippen molar-refractivity contribution in [2.24, 2.45) is 0 Å². The number of hydrogen-bond donors (Lipinski definition) is 0. The van der Waals surface area contributed by atoms with Crippen molar-refractivity contribution >= 4 is 38.9 Å². The molecule has 1 aliphatic carbocycles. The molecule has 0 N–H and O–H groups in total. The average molecular weight is 781 g/mol. The van der Waals surface area contributed by atoms with Gasteiger partial charge in [0.25, 0.3) is 0 Å². The lowest BCUT2D eigenvalue weighted by atomic mass is 9.61. The van der Waals surface area contributed by atoms with E-state index in [-0.39, 0.29) is 5.41 Å². The second kappa shape index (κ2) is 12.5. The normalized spacial score (nSPS) is 16.0. The quantitative estimate of drug-likeness (QED) is 0.177. The van der Waals surface area contributed by atoms with Crippen LogP contribution in [0.3, 0.4) is 0 Å². The van der Waals surface area contributed by atoms with Crippen LogP contribution in [-0.2, 0) is 10.8 Å². The Morgan fingerprint density at radius 1 is 0.410 bits per heavy atom. The van der Waals surface area contributed by atoms with Crippen LogP contribution in [0.15, 0.2) is 206 Å². The number of ether oxygens (including phenoxy) is 1. The van der Waals surface area contributed by atoms with Crippen LogP contribution in [0.1, 0.15) is 47.2 Å². The lowest BCUT2D eigenvalue weighted by molar-refractivity contribution is 0.434. The number of anilines is 3. The molecule has 0 amide bonds. The fraction of sp³-hybridized carbons (Fsp3) is 0.0690. The average Bonchev–Trinajstić information content (AvgIpc) is 3.77. The van der Waals surface area contributed by atoms with Gasteiger partial charge in [-0.2, -0.15) is 0 Å². The van der Waals surface area contributed by atoms with Gasteiger partial charge in [0.15, 0.2) is 0 Å². The third-order valence-electron chi connectivity index (χ3n) is 13.8. The number of nitrogens with zero attached hydrogens (tertiary/aromatic N) is 2. The molecule has 61 heavy (non-hydrogen) atoms. The van der Waals surface area contributed by atoms with Crippen LogP contribution in [0.4, 0.5) is 17.1 Å². The summed E-state index contributed by atoms with van der Waals surface area (Å²) in [5, 5.41) is 2.53. The van der Waals surface area contributed by atoms with Gasteiger partial charge in [0, 0.05) is 44.4 Å². The Morgan fingerprint density at radius 2 is 1.03 bits per heavy atom. The highest BCUT2D eigenvalue weighted by atomic mass is 16.5. The first-order valence-corrected chi connectivity index (χ1v) is 21.3. The second-order valence-electron chi connectivity index (χ2n) is 17.2. The van der Waals surface area contributed by atoms with Crippen LogP contribution >= 0.6 is 0 Å². The molecule has 288 valence electrons. The number of aromatic nitrogens is 1. The molecule has 3 nitrogen and oxygen atoms in total. The van der Waals surface area contributed by atoms with E-state index >= 15 is 0 Å². The van der Waals surface area contributed by atoms with Crippen molar-refractivity contribution in [2.75, 3.05) is 4.90 Å². The van der Waals surface area contributed by atoms with Crippen LogP contribution < -0.4 is 9.64 Å². The molecule has 10 aromatic rings. The van der Waals surface area contributed by atoms with Gasteiger partial charge in [-0.25, -0.2) is 0 Å². The molecule has 0 bridgehead atoms. The van der Waals surface area contributed by atoms with E-state index in [1.807, 2.05) is 0 Å². The maximum atomic E-state index is 6.96. The molecule has 0 saturated carbocycles. The Morgan fingerprint density at radius 3 is 1.90 bits per heavy atom. The van der Waals surface area contributed by atoms with Gasteiger partial charge in [-0.1, -0.05) is 159 Å². The standard InChI is InChI=1S/C58H40N2O/c1-57(2)46-20-8-6-17-42(46)43-33-32-41(36-51(43)57)59(39-15-4-3-5-16-39)40-30-27-37(28-31-40)38-29-34-49-55(35-38)61-54-26-13-10-22-48(54)58(49)47-21-9-12-25-53(47)60-52-24-11-7-18-44(52)45-19-14-23-50(58)56(45)60/h3-36H,1-2H3. The molecule has 0 fully saturated rings. The van der Waals surface area contributed by atoms with Crippen LogP contribution in [0.25, 0.3) is 49.7 Å². The zero-order valence-electron chi connectivity index (χ0n) is 33.9. The number of fused-ring (bicyclic) bond motifs is 14. The van der Waals surface area contributed by atoms with Crippen molar-refractivity contribution < 1.29 is 4.74 Å². The summed E-state index contributed by atoms with van der Waals surface area (Å²) in [5.74, 6) is 1.77. The highest BCUT2D eigenvalue weighted by Gasteiger charge is 2.50. The van der Waals surface area contributed by atoms with Gasteiger partial charge in [0.2, 0.25) is 0 Å². The monoisotopic (exact) mass is 780 g/mol. The predicted octanol–water partition coefficient (Wildman–Crippen LogP) is 15.0. The minimum Gasteiger partial charge on any atom is -0.457 e. The molecule has 3 heterocycles. The highest BCUT2D eigenvalue weighted by molar-refractivity contribution is 6.12. The number of rotatable bonds is 4. The Balaban J connectivity index is 0.952. The Kier molecular flexibility index (Phi) is 6.99. The molecule has 1 atom stereocenters. The summed E-state index contributed by atoms with van der Waals surface area (Å²) in [5.41, 5.74) is 18.9. The van der Waals surface area contributed by atoms with Crippen molar-refractivity contribution in [1.82, 2.24) is 4.57 Å². The minimum atomic E-state index is -0.588. The molecule has 1 aromatic heterocycles. The number of para-hydroxylation sites is 5. The van der Waals surface area contributed by atoms with Crippen LogP contribution in [0, 0.1) is 0 Å². The predicted molar refractivity (Wildman–Crippen MR) is 250 cm³/mol. The smallest absolute Gasteiger partial charge is 0.132 e. The summed E-state index contributed by atoms with van der Waals surface area (Å²) in [7, 11) is 0. The van der Waals surface area contributed by atoms with Crippen LogP contribution in [0.5, 0.6) is 11.5 Å². The first-order valence-electron chi connectivity index (χ1n) is 21.3. The largest absolute Gasteiger partial charge is 0.457 e. The van der Waals surface area contributed by atoms with E-state index in [1.54, 1.807) is 0 Å². The summed E-state index contributed by atoms with van der Waals surface area (Å²) >= 11 is 0. The van der Waals surface area contributed by atoms with Gasteiger partial charge in [-0.05, 0) is 105 Å². The molecule has 0 saturated heterocycles. The van der Waals surface area contributed by atoms with Crippen molar-refractivity contribution in [2.45, 2.75) is 24.7 Å². The van der Waals surface area contributed by atoms with Crippen molar-refractivity contribution in [3.8, 4) is 39.4 Å². The van der Waals surface area contributed by atoms with Crippen molar-refractivity contribution in [3.05, 3.63) is 240 Å². The molecular weight excluding hydrogens is 741 g/mol. The summed E-state index contributed by atoms with van der Waals surface area (Å²) in [6.45, 7) is 4.69.